The molecular formula is C34H32ClN3. The summed E-state index contributed by atoms with van der Waals surface area (Å²) in [5.74, 6) is 0.0683. The molecule has 38 heavy (non-hydrogen) atoms. The molecular weight excluding hydrogens is 486 g/mol. The first-order valence-electron chi connectivity index (χ1n) is 12.9. The summed E-state index contributed by atoms with van der Waals surface area (Å²) in [5.41, 5.74) is 5.56. The van der Waals surface area contributed by atoms with Gasteiger partial charge >= 0.3 is 0 Å². The van der Waals surface area contributed by atoms with Crippen LogP contribution in [0.1, 0.15) is 55.0 Å². The number of nitriles is 2. The molecule has 0 aliphatic carbocycles. The highest BCUT2D eigenvalue weighted by Crippen LogP contribution is 2.37. The van der Waals surface area contributed by atoms with Crippen molar-refractivity contribution in [3.8, 4) is 23.3 Å². The molecule has 0 fully saturated rings. The van der Waals surface area contributed by atoms with Crippen molar-refractivity contribution in [1.29, 1.82) is 10.5 Å². The minimum absolute atomic E-state index is 0.00220. The summed E-state index contributed by atoms with van der Waals surface area (Å²) >= 11 is 6.15. The average molecular weight is 518 g/mol. The van der Waals surface area contributed by atoms with E-state index in [1.807, 2.05) is 62.4 Å². The van der Waals surface area contributed by atoms with Crippen LogP contribution in [-0.2, 0) is 6.42 Å². The Morgan fingerprint density at radius 2 is 1.45 bits per heavy atom. The molecule has 0 amide bonds. The van der Waals surface area contributed by atoms with Crippen molar-refractivity contribution in [3.63, 3.8) is 0 Å². The quantitative estimate of drug-likeness (QED) is 0.242. The van der Waals surface area contributed by atoms with E-state index < -0.39 is 5.41 Å². The van der Waals surface area contributed by atoms with Crippen molar-refractivity contribution in [1.82, 2.24) is 5.32 Å². The number of nitrogens with one attached hydrogen (secondary N) is 1. The third-order valence-electron chi connectivity index (χ3n) is 7.18. The lowest BCUT2D eigenvalue weighted by Crippen LogP contribution is -2.42. The van der Waals surface area contributed by atoms with Crippen molar-refractivity contribution in [2.75, 3.05) is 0 Å². The van der Waals surface area contributed by atoms with Gasteiger partial charge in [-0.05, 0) is 85.3 Å². The van der Waals surface area contributed by atoms with Gasteiger partial charge in [0.25, 0.3) is 0 Å². The van der Waals surface area contributed by atoms with Crippen LogP contribution in [0.15, 0.2) is 103 Å². The summed E-state index contributed by atoms with van der Waals surface area (Å²) in [6.45, 7) is 6.13. The van der Waals surface area contributed by atoms with Crippen LogP contribution in [0, 0.1) is 28.1 Å². The van der Waals surface area contributed by atoms with Crippen molar-refractivity contribution < 1.29 is 0 Å². The van der Waals surface area contributed by atoms with Crippen LogP contribution in [-0.4, -0.2) is 6.04 Å². The van der Waals surface area contributed by atoms with E-state index in [0.717, 1.165) is 34.2 Å². The molecule has 4 aromatic carbocycles. The Morgan fingerprint density at radius 3 is 2.13 bits per heavy atom. The van der Waals surface area contributed by atoms with Crippen LogP contribution >= 0.6 is 11.6 Å². The van der Waals surface area contributed by atoms with Crippen LogP contribution in [0.5, 0.6) is 0 Å². The van der Waals surface area contributed by atoms with Crippen LogP contribution in [0.2, 0.25) is 5.02 Å². The van der Waals surface area contributed by atoms with Gasteiger partial charge in [-0.2, -0.15) is 10.5 Å². The van der Waals surface area contributed by atoms with Gasteiger partial charge in [0.1, 0.15) is 0 Å². The molecule has 2 unspecified atom stereocenters. The third kappa shape index (κ3) is 6.51. The molecule has 190 valence electrons. The normalized spacial score (nSPS) is 13.6. The van der Waals surface area contributed by atoms with Gasteiger partial charge < -0.3 is 5.32 Å². The van der Waals surface area contributed by atoms with E-state index in [0.29, 0.717) is 10.6 Å². The maximum Gasteiger partial charge on any atom is 0.0991 e. The second kappa shape index (κ2) is 12.1. The number of hydrogen-bond donors (Lipinski definition) is 1. The number of benzene rings is 4. The summed E-state index contributed by atoms with van der Waals surface area (Å²) in [7, 11) is 0. The average Bonchev–Trinajstić information content (AvgIpc) is 2.96. The van der Waals surface area contributed by atoms with Gasteiger partial charge in [0, 0.05) is 17.0 Å². The largest absolute Gasteiger partial charge is 0.305 e. The molecule has 0 saturated carbocycles. The topological polar surface area (TPSA) is 59.6 Å². The smallest absolute Gasteiger partial charge is 0.0991 e. The fraction of sp³-hybridized carbons (Fsp3) is 0.235. The first-order chi connectivity index (χ1) is 18.3. The Morgan fingerprint density at radius 1 is 0.789 bits per heavy atom. The standard InChI is InChI=1S/C34H32ClN3/c1-24(32(20-25-15-17-31(35)18-16-25)29-13-7-9-26(19-29)22-36)38-33(34(2,3)23-37)30-14-8-12-28(21-30)27-10-5-4-6-11-27/h4-19,21,24,32-33,38H,20H2,1-3H3/t24?,32?,33-/m0/s1. The first kappa shape index (κ1) is 27.2. The van der Waals surface area contributed by atoms with E-state index in [9.17, 15) is 10.5 Å². The molecule has 0 bridgehead atoms. The lowest BCUT2D eigenvalue weighted by molar-refractivity contribution is 0.281. The summed E-state index contributed by atoms with van der Waals surface area (Å²) in [6, 6.07) is 39.1. The predicted molar refractivity (Wildman–Crippen MR) is 156 cm³/mol. The van der Waals surface area contributed by atoms with Gasteiger partial charge in [-0.3, -0.25) is 0 Å². The van der Waals surface area contributed by atoms with Crippen LogP contribution in [0.4, 0.5) is 0 Å². The second-order valence-electron chi connectivity index (χ2n) is 10.4. The van der Waals surface area contributed by atoms with Crippen molar-refractivity contribution >= 4 is 11.6 Å². The van der Waals surface area contributed by atoms with Gasteiger partial charge in [0.2, 0.25) is 0 Å². The Hall–Kier alpha value is -3.89. The molecule has 4 heteroatoms. The fourth-order valence-corrected chi connectivity index (χ4v) is 5.12. The van der Waals surface area contributed by atoms with Crippen LogP contribution in [0.25, 0.3) is 11.1 Å². The minimum atomic E-state index is -0.664. The molecule has 0 heterocycles. The zero-order valence-corrected chi connectivity index (χ0v) is 22.8. The van der Waals surface area contributed by atoms with Crippen LogP contribution in [0.3, 0.4) is 0 Å². The predicted octanol–water partition coefficient (Wildman–Crippen LogP) is 8.47. The number of rotatable bonds is 9. The van der Waals surface area contributed by atoms with E-state index in [1.165, 1.54) is 0 Å². The van der Waals surface area contributed by atoms with E-state index in [-0.39, 0.29) is 18.0 Å². The van der Waals surface area contributed by atoms with Crippen molar-refractivity contribution in [2.45, 2.75) is 45.2 Å². The zero-order valence-electron chi connectivity index (χ0n) is 22.0. The number of hydrogen-bond acceptors (Lipinski definition) is 3. The third-order valence-corrected chi connectivity index (χ3v) is 7.43. The molecule has 0 aliphatic heterocycles. The highest BCUT2D eigenvalue weighted by Gasteiger charge is 2.34. The first-order valence-corrected chi connectivity index (χ1v) is 13.3. The van der Waals surface area contributed by atoms with Crippen molar-refractivity contribution in [3.05, 3.63) is 130 Å². The monoisotopic (exact) mass is 517 g/mol. The zero-order chi connectivity index (χ0) is 27.1. The Balaban J connectivity index is 1.71. The highest BCUT2D eigenvalue weighted by molar-refractivity contribution is 6.30. The lowest BCUT2D eigenvalue weighted by Gasteiger charge is -2.36. The molecule has 3 nitrogen and oxygen atoms in total. The fourth-order valence-electron chi connectivity index (χ4n) is 4.99. The molecule has 0 radical (unpaired) electrons. The summed E-state index contributed by atoms with van der Waals surface area (Å²) in [6.07, 6.45) is 0.768. The molecule has 1 N–H and O–H groups in total. The molecule has 0 aromatic heterocycles. The van der Waals surface area contributed by atoms with Crippen molar-refractivity contribution in [2.24, 2.45) is 5.41 Å². The van der Waals surface area contributed by atoms with E-state index in [2.05, 4.69) is 79.0 Å². The summed E-state index contributed by atoms with van der Waals surface area (Å²) < 4.78 is 0. The highest BCUT2D eigenvalue weighted by atomic mass is 35.5. The molecule has 4 rings (SSSR count). The SMILES string of the molecule is CC(N[C@@H](c1cccc(-c2ccccc2)c1)C(C)(C)C#N)C(Cc1ccc(Cl)cc1)c1cccc(C#N)c1. The van der Waals surface area contributed by atoms with Crippen LogP contribution < -0.4 is 5.32 Å². The molecule has 0 aliphatic rings. The Kier molecular flexibility index (Phi) is 8.65. The van der Waals surface area contributed by atoms with E-state index >= 15 is 0 Å². The number of nitrogens with zero attached hydrogens (tertiary/aromatic N) is 2. The maximum absolute atomic E-state index is 10.2. The van der Waals surface area contributed by atoms with Gasteiger partial charge in [-0.25, -0.2) is 0 Å². The maximum atomic E-state index is 10.2. The van der Waals surface area contributed by atoms with Gasteiger partial charge in [0.05, 0.1) is 29.2 Å². The van der Waals surface area contributed by atoms with Gasteiger partial charge in [-0.1, -0.05) is 84.4 Å². The molecule has 0 spiro atoms. The summed E-state index contributed by atoms with van der Waals surface area (Å²) in [5, 5.41) is 24.3. The Bertz CT molecular complexity index is 1450. The minimum Gasteiger partial charge on any atom is -0.305 e. The molecule has 4 aromatic rings. The lowest BCUT2D eigenvalue weighted by atomic mass is 9.79. The molecule has 3 atom stereocenters. The van der Waals surface area contributed by atoms with E-state index in [1.54, 1.807) is 0 Å². The van der Waals surface area contributed by atoms with E-state index in [4.69, 9.17) is 11.6 Å². The summed E-state index contributed by atoms with van der Waals surface area (Å²) in [4.78, 5) is 0. The number of halogens is 1. The second-order valence-corrected chi connectivity index (χ2v) is 10.8. The Labute approximate surface area is 231 Å². The van der Waals surface area contributed by atoms with Gasteiger partial charge in [0.15, 0.2) is 0 Å². The molecule has 0 saturated heterocycles. The van der Waals surface area contributed by atoms with Gasteiger partial charge in [-0.15, -0.1) is 0 Å².